The number of rotatable bonds is 55. The summed E-state index contributed by atoms with van der Waals surface area (Å²) in [7, 11) is 0. The van der Waals surface area contributed by atoms with E-state index in [-0.39, 0.29) is 31.1 Å². The second-order valence-electron chi connectivity index (χ2n) is 20.2. The molecule has 418 valence electrons. The molecular formula is C67H114O6. The summed E-state index contributed by atoms with van der Waals surface area (Å²) >= 11 is 0. The van der Waals surface area contributed by atoms with Crippen LogP contribution in [0.15, 0.2) is 97.2 Å². The fourth-order valence-corrected chi connectivity index (χ4v) is 8.54. The van der Waals surface area contributed by atoms with E-state index in [1.807, 2.05) is 0 Å². The molecule has 0 amide bonds. The molecule has 1 unspecified atom stereocenters. The van der Waals surface area contributed by atoms with E-state index in [2.05, 4.69) is 118 Å². The maximum atomic E-state index is 12.9. The molecule has 0 aromatic carbocycles. The van der Waals surface area contributed by atoms with Gasteiger partial charge in [-0.3, -0.25) is 14.4 Å². The van der Waals surface area contributed by atoms with Crippen LogP contribution in [0.4, 0.5) is 0 Å². The van der Waals surface area contributed by atoms with Gasteiger partial charge in [-0.2, -0.15) is 0 Å². The summed E-state index contributed by atoms with van der Waals surface area (Å²) in [6.45, 7) is 6.39. The van der Waals surface area contributed by atoms with Gasteiger partial charge in [0.05, 0.1) is 0 Å². The summed E-state index contributed by atoms with van der Waals surface area (Å²) in [5, 5.41) is 0. The van der Waals surface area contributed by atoms with E-state index in [0.29, 0.717) is 19.3 Å². The Bertz CT molecular complexity index is 1440. The number of carbonyl (C=O) groups excluding carboxylic acids is 3. The first kappa shape index (κ1) is 69.3. The zero-order chi connectivity index (χ0) is 52.9. The molecule has 0 saturated heterocycles. The third-order valence-electron chi connectivity index (χ3n) is 13.1. The lowest BCUT2D eigenvalue weighted by Crippen LogP contribution is -2.30. The van der Waals surface area contributed by atoms with Crippen molar-refractivity contribution in [2.75, 3.05) is 13.2 Å². The SMILES string of the molecule is CC/C=C\C/C=C\C/C=C\C/C=C\CCCCCCCCCCCCCCC(=O)OCC(COC(=O)CCCCCCCCC)OC(=O)CCCCCCCCCCCC/C=C\C/C=C\C/C=C\C/C=C\CC. The average Bonchev–Trinajstić information content (AvgIpc) is 3.39. The molecule has 73 heavy (non-hydrogen) atoms. The first-order valence-corrected chi connectivity index (χ1v) is 30.7. The topological polar surface area (TPSA) is 78.9 Å². The number of carbonyl (C=O) groups is 3. The van der Waals surface area contributed by atoms with Crippen LogP contribution in [0, 0.1) is 0 Å². The molecule has 0 spiro atoms. The molecule has 0 saturated carbocycles. The van der Waals surface area contributed by atoms with Crippen molar-refractivity contribution < 1.29 is 28.6 Å². The fraction of sp³-hybridized carbons (Fsp3) is 0.716. The molecule has 0 rings (SSSR count). The van der Waals surface area contributed by atoms with Gasteiger partial charge in [0.15, 0.2) is 6.10 Å². The summed E-state index contributed by atoms with van der Waals surface area (Å²) in [6.07, 6.45) is 81.4. The van der Waals surface area contributed by atoms with Crippen LogP contribution in [0.25, 0.3) is 0 Å². The Balaban J connectivity index is 4.16. The van der Waals surface area contributed by atoms with Crippen LogP contribution >= 0.6 is 0 Å². The zero-order valence-corrected chi connectivity index (χ0v) is 47.9. The molecule has 0 aliphatic heterocycles. The first-order valence-electron chi connectivity index (χ1n) is 30.7. The van der Waals surface area contributed by atoms with Gasteiger partial charge >= 0.3 is 17.9 Å². The highest BCUT2D eigenvalue weighted by Crippen LogP contribution is 2.16. The molecular weight excluding hydrogens is 901 g/mol. The van der Waals surface area contributed by atoms with E-state index in [1.54, 1.807) is 0 Å². The number of unbranched alkanes of at least 4 members (excludes halogenated alkanes) is 28. The van der Waals surface area contributed by atoms with Crippen molar-refractivity contribution in [2.24, 2.45) is 0 Å². The Labute approximate surface area is 451 Å². The predicted octanol–water partition coefficient (Wildman–Crippen LogP) is 20.9. The molecule has 0 fully saturated rings. The maximum absolute atomic E-state index is 12.9. The molecule has 0 aliphatic carbocycles. The molecule has 1 atom stereocenters. The summed E-state index contributed by atoms with van der Waals surface area (Å²) in [5.74, 6) is -0.884. The molecule has 0 aromatic rings. The van der Waals surface area contributed by atoms with E-state index in [0.717, 1.165) is 109 Å². The highest BCUT2D eigenvalue weighted by atomic mass is 16.6. The van der Waals surface area contributed by atoms with Gasteiger partial charge in [0.25, 0.3) is 0 Å². The molecule has 6 heteroatoms. The Morgan fingerprint density at radius 2 is 0.534 bits per heavy atom. The van der Waals surface area contributed by atoms with Crippen LogP contribution in [-0.4, -0.2) is 37.2 Å². The van der Waals surface area contributed by atoms with E-state index >= 15 is 0 Å². The number of ether oxygens (including phenoxy) is 3. The third-order valence-corrected chi connectivity index (χ3v) is 13.1. The Hall–Kier alpha value is -3.67. The van der Waals surface area contributed by atoms with Gasteiger partial charge in [-0.05, 0) is 96.3 Å². The number of hydrogen-bond acceptors (Lipinski definition) is 6. The van der Waals surface area contributed by atoms with E-state index in [9.17, 15) is 14.4 Å². The smallest absolute Gasteiger partial charge is 0.306 e. The Kier molecular flexibility index (Phi) is 57.8. The lowest BCUT2D eigenvalue weighted by Gasteiger charge is -2.18. The van der Waals surface area contributed by atoms with Crippen LogP contribution in [0.1, 0.15) is 290 Å². The lowest BCUT2D eigenvalue weighted by molar-refractivity contribution is -0.167. The van der Waals surface area contributed by atoms with E-state index < -0.39 is 6.10 Å². The second-order valence-corrected chi connectivity index (χ2v) is 20.2. The minimum atomic E-state index is -0.778. The van der Waals surface area contributed by atoms with E-state index in [4.69, 9.17) is 14.2 Å². The minimum absolute atomic E-state index is 0.0779. The molecule has 0 aromatic heterocycles. The van der Waals surface area contributed by atoms with Crippen molar-refractivity contribution in [1.29, 1.82) is 0 Å². The quantitative estimate of drug-likeness (QED) is 0.0261. The van der Waals surface area contributed by atoms with Crippen LogP contribution in [0.2, 0.25) is 0 Å². The average molecular weight is 1020 g/mol. The number of hydrogen-bond donors (Lipinski definition) is 0. The van der Waals surface area contributed by atoms with Gasteiger partial charge in [-0.15, -0.1) is 0 Å². The summed E-state index contributed by atoms with van der Waals surface area (Å²) < 4.78 is 16.8. The van der Waals surface area contributed by atoms with E-state index in [1.165, 1.54) is 141 Å². The second kappa shape index (κ2) is 60.9. The normalized spacial score (nSPS) is 12.8. The van der Waals surface area contributed by atoms with Crippen LogP contribution in [0.3, 0.4) is 0 Å². The number of allylic oxidation sites excluding steroid dienone is 16. The molecule has 0 aliphatic rings. The summed E-state index contributed by atoms with van der Waals surface area (Å²) in [5.41, 5.74) is 0. The van der Waals surface area contributed by atoms with Crippen LogP contribution in [0.5, 0.6) is 0 Å². The maximum Gasteiger partial charge on any atom is 0.306 e. The molecule has 0 bridgehead atoms. The van der Waals surface area contributed by atoms with Crippen molar-refractivity contribution >= 4 is 17.9 Å². The monoisotopic (exact) mass is 1010 g/mol. The zero-order valence-electron chi connectivity index (χ0n) is 47.9. The Morgan fingerprint density at radius 3 is 0.836 bits per heavy atom. The van der Waals surface area contributed by atoms with Crippen molar-refractivity contribution in [3.63, 3.8) is 0 Å². The summed E-state index contributed by atoms with van der Waals surface area (Å²) in [6, 6.07) is 0. The van der Waals surface area contributed by atoms with Crippen molar-refractivity contribution in [2.45, 2.75) is 297 Å². The highest BCUT2D eigenvalue weighted by Gasteiger charge is 2.19. The molecule has 0 heterocycles. The standard InChI is InChI=1S/C67H114O6/c1-4-7-10-13-16-18-20-22-24-26-28-30-32-33-35-36-38-40-42-44-46-48-51-54-57-60-66(69)72-63-64(62-71-65(68)59-56-53-50-15-12-9-6-3)73-67(70)61-58-55-52-49-47-45-43-41-39-37-34-31-29-27-25-23-21-19-17-14-11-8-5-2/h7-8,10-11,16-19,22-25,28-31,64H,4-6,9,12-15,20-21,26-27,32-63H2,1-3H3/b10-7-,11-8-,18-16-,19-17-,24-22-,25-23-,30-28-,31-29-. The van der Waals surface area contributed by atoms with Gasteiger partial charge in [0.2, 0.25) is 0 Å². The molecule has 6 nitrogen and oxygen atoms in total. The first-order chi connectivity index (χ1) is 36.0. The van der Waals surface area contributed by atoms with Crippen molar-refractivity contribution in [3.8, 4) is 0 Å². The lowest BCUT2D eigenvalue weighted by atomic mass is 10.0. The van der Waals surface area contributed by atoms with Gasteiger partial charge in [0, 0.05) is 19.3 Å². The molecule has 0 radical (unpaired) electrons. The third kappa shape index (κ3) is 59.1. The van der Waals surface area contributed by atoms with Gasteiger partial charge in [-0.25, -0.2) is 0 Å². The highest BCUT2D eigenvalue weighted by molar-refractivity contribution is 5.71. The van der Waals surface area contributed by atoms with Gasteiger partial charge in [0.1, 0.15) is 13.2 Å². The van der Waals surface area contributed by atoms with Crippen molar-refractivity contribution in [3.05, 3.63) is 97.2 Å². The Morgan fingerprint density at radius 1 is 0.288 bits per heavy atom. The minimum Gasteiger partial charge on any atom is -0.462 e. The van der Waals surface area contributed by atoms with Crippen LogP contribution < -0.4 is 0 Å². The van der Waals surface area contributed by atoms with Gasteiger partial charge in [-0.1, -0.05) is 272 Å². The summed E-state index contributed by atoms with van der Waals surface area (Å²) in [4.78, 5) is 38.1. The number of esters is 3. The predicted molar refractivity (Wildman–Crippen MR) is 316 cm³/mol. The largest absolute Gasteiger partial charge is 0.462 e. The fourth-order valence-electron chi connectivity index (χ4n) is 8.54. The molecule has 0 N–H and O–H groups in total. The van der Waals surface area contributed by atoms with Crippen molar-refractivity contribution in [1.82, 2.24) is 0 Å². The van der Waals surface area contributed by atoms with Gasteiger partial charge < -0.3 is 14.2 Å². The van der Waals surface area contributed by atoms with Crippen LogP contribution in [-0.2, 0) is 28.6 Å².